The van der Waals surface area contributed by atoms with Crippen LogP contribution in [0.2, 0.25) is 0 Å². The lowest BCUT2D eigenvalue weighted by Gasteiger charge is -2.03. The molecular formula is C10H13IN2O. The summed E-state index contributed by atoms with van der Waals surface area (Å²) >= 11 is 2.29. The maximum Gasteiger partial charge on any atom is 0.251 e. The topological polar surface area (TPSA) is 42.0 Å². The zero-order valence-electron chi connectivity index (χ0n) is 8.09. The standard InChI is InChI=1S/C10H13IN2O/c1-8-7-9(3-6-12-8)10(14)13-5-2-4-11/h3,6-7H,2,4-5H2,1H3,(H,13,14). The second-order valence-corrected chi connectivity index (χ2v) is 4.06. The molecule has 0 atom stereocenters. The summed E-state index contributed by atoms with van der Waals surface area (Å²) in [5.74, 6) is -0.0136. The summed E-state index contributed by atoms with van der Waals surface area (Å²) in [4.78, 5) is 15.6. The van der Waals surface area contributed by atoms with Gasteiger partial charge in [-0.15, -0.1) is 0 Å². The molecule has 0 aliphatic heterocycles. The number of nitrogens with zero attached hydrogens (tertiary/aromatic N) is 1. The average molecular weight is 304 g/mol. The van der Waals surface area contributed by atoms with Crippen LogP contribution in [-0.2, 0) is 0 Å². The Balaban J connectivity index is 2.52. The normalized spacial score (nSPS) is 9.86. The molecule has 1 aromatic rings. The Bertz CT molecular complexity index is 315. The minimum absolute atomic E-state index is 0.0136. The Morgan fingerprint density at radius 3 is 3.07 bits per heavy atom. The van der Waals surface area contributed by atoms with Crippen molar-refractivity contribution in [3.63, 3.8) is 0 Å². The number of carbonyl (C=O) groups excluding carboxylic acids is 1. The molecular weight excluding hydrogens is 291 g/mol. The van der Waals surface area contributed by atoms with Gasteiger partial charge in [0.1, 0.15) is 0 Å². The highest BCUT2D eigenvalue weighted by molar-refractivity contribution is 14.1. The largest absolute Gasteiger partial charge is 0.352 e. The molecule has 0 spiro atoms. The lowest BCUT2D eigenvalue weighted by atomic mass is 10.2. The van der Waals surface area contributed by atoms with Crippen molar-refractivity contribution in [2.45, 2.75) is 13.3 Å². The van der Waals surface area contributed by atoms with Crippen LogP contribution < -0.4 is 5.32 Å². The number of alkyl halides is 1. The van der Waals surface area contributed by atoms with Gasteiger partial charge in [0.15, 0.2) is 0 Å². The number of pyridine rings is 1. The number of aromatic nitrogens is 1. The maximum absolute atomic E-state index is 11.5. The number of hydrogen-bond acceptors (Lipinski definition) is 2. The first-order valence-electron chi connectivity index (χ1n) is 4.51. The molecule has 0 fully saturated rings. The summed E-state index contributed by atoms with van der Waals surface area (Å²) in [6.45, 7) is 2.62. The Labute approximate surface area is 97.4 Å². The van der Waals surface area contributed by atoms with Gasteiger partial charge >= 0.3 is 0 Å². The minimum Gasteiger partial charge on any atom is -0.352 e. The second-order valence-electron chi connectivity index (χ2n) is 2.98. The van der Waals surface area contributed by atoms with E-state index in [0.29, 0.717) is 5.56 Å². The number of carbonyl (C=O) groups is 1. The van der Waals surface area contributed by atoms with Crippen molar-refractivity contribution >= 4 is 28.5 Å². The van der Waals surface area contributed by atoms with Crippen molar-refractivity contribution < 1.29 is 4.79 Å². The minimum atomic E-state index is -0.0136. The first-order chi connectivity index (χ1) is 6.74. The number of aryl methyl sites for hydroxylation is 1. The van der Waals surface area contributed by atoms with Crippen LogP contribution in [-0.4, -0.2) is 21.9 Å². The smallest absolute Gasteiger partial charge is 0.251 e. The monoisotopic (exact) mass is 304 g/mol. The highest BCUT2D eigenvalue weighted by atomic mass is 127. The van der Waals surface area contributed by atoms with E-state index in [0.717, 1.165) is 23.1 Å². The first-order valence-corrected chi connectivity index (χ1v) is 6.03. The number of hydrogen-bond donors (Lipinski definition) is 1. The lowest BCUT2D eigenvalue weighted by molar-refractivity contribution is 0.0953. The molecule has 1 amide bonds. The van der Waals surface area contributed by atoms with E-state index < -0.39 is 0 Å². The summed E-state index contributed by atoms with van der Waals surface area (Å²) in [5.41, 5.74) is 1.55. The predicted molar refractivity (Wildman–Crippen MR) is 64.8 cm³/mol. The average Bonchev–Trinajstić information content (AvgIpc) is 2.18. The Hall–Kier alpha value is -0.650. The molecule has 0 saturated heterocycles. The molecule has 1 heterocycles. The SMILES string of the molecule is Cc1cc(C(=O)NCCCI)ccn1. The van der Waals surface area contributed by atoms with Gasteiger partial charge in [0.05, 0.1) is 0 Å². The van der Waals surface area contributed by atoms with E-state index in [1.807, 2.05) is 6.92 Å². The van der Waals surface area contributed by atoms with Crippen LogP contribution in [0.25, 0.3) is 0 Å². The van der Waals surface area contributed by atoms with Gasteiger partial charge in [-0.1, -0.05) is 22.6 Å². The number of amides is 1. The van der Waals surface area contributed by atoms with Crippen molar-refractivity contribution in [1.82, 2.24) is 10.3 Å². The molecule has 3 nitrogen and oxygen atoms in total. The van der Waals surface area contributed by atoms with Crippen LogP contribution in [0.1, 0.15) is 22.5 Å². The Kier molecular flexibility index (Phi) is 4.86. The molecule has 1 aromatic heterocycles. The van der Waals surface area contributed by atoms with E-state index in [1.54, 1.807) is 18.3 Å². The van der Waals surface area contributed by atoms with Gasteiger partial charge in [0, 0.05) is 28.4 Å². The molecule has 0 bridgehead atoms. The maximum atomic E-state index is 11.5. The predicted octanol–water partition coefficient (Wildman–Crippen LogP) is 1.94. The van der Waals surface area contributed by atoms with E-state index >= 15 is 0 Å². The molecule has 0 radical (unpaired) electrons. The van der Waals surface area contributed by atoms with Gasteiger partial charge < -0.3 is 5.32 Å². The zero-order valence-corrected chi connectivity index (χ0v) is 10.2. The number of nitrogens with one attached hydrogen (secondary N) is 1. The first kappa shape index (κ1) is 11.4. The summed E-state index contributed by atoms with van der Waals surface area (Å²) in [6.07, 6.45) is 2.67. The van der Waals surface area contributed by atoms with Crippen LogP contribution >= 0.6 is 22.6 Å². The van der Waals surface area contributed by atoms with E-state index in [4.69, 9.17) is 0 Å². The van der Waals surface area contributed by atoms with Gasteiger partial charge in [0.25, 0.3) is 5.91 Å². The molecule has 1 N–H and O–H groups in total. The highest BCUT2D eigenvalue weighted by Gasteiger charge is 2.03. The van der Waals surface area contributed by atoms with Crippen molar-refractivity contribution in [2.24, 2.45) is 0 Å². The van der Waals surface area contributed by atoms with Gasteiger partial charge in [-0.2, -0.15) is 0 Å². The fourth-order valence-corrected chi connectivity index (χ4v) is 1.44. The van der Waals surface area contributed by atoms with Crippen LogP contribution in [0.3, 0.4) is 0 Å². The highest BCUT2D eigenvalue weighted by Crippen LogP contribution is 2.00. The van der Waals surface area contributed by atoms with Crippen molar-refractivity contribution in [3.05, 3.63) is 29.6 Å². The molecule has 1 rings (SSSR count). The zero-order chi connectivity index (χ0) is 10.4. The lowest BCUT2D eigenvalue weighted by Crippen LogP contribution is -2.24. The summed E-state index contributed by atoms with van der Waals surface area (Å²) < 4.78 is 1.06. The van der Waals surface area contributed by atoms with E-state index in [9.17, 15) is 4.79 Å². The van der Waals surface area contributed by atoms with Crippen LogP contribution in [0.15, 0.2) is 18.3 Å². The molecule has 14 heavy (non-hydrogen) atoms. The fourth-order valence-electron chi connectivity index (χ4n) is 1.06. The van der Waals surface area contributed by atoms with Crippen molar-refractivity contribution in [1.29, 1.82) is 0 Å². The molecule has 76 valence electrons. The van der Waals surface area contributed by atoms with Gasteiger partial charge in [0.2, 0.25) is 0 Å². The Morgan fingerprint density at radius 1 is 1.64 bits per heavy atom. The second kappa shape index (κ2) is 5.95. The third-order valence-electron chi connectivity index (χ3n) is 1.75. The van der Waals surface area contributed by atoms with Crippen LogP contribution in [0.4, 0.5) is 0 Å². The fraction of sp³-hybridized carbons (Fsp3) is 0.400. The van der Waals surface area contributed by atoms with Gasteiger partial charge in [-0.25, -0.2) is 0 Å². The Morgan fingerprint density at radius 2 is 2.43 bits per heavy atom. The van der Waals surface area contributed by atoms with Gasteiger partial charge in [-0.3, -0.25) is 9.78 Å². The summed E-state index contributed by atoms with van der Waals surface area (Å²) in [5, 5.41) is 2.86. The van der Waals surface area contributed by atoms with Crippen LogP contribution in [0.5, 0.6) is 0 Å². The molecule has 0 aliphatic carbocycles. The summed E-state index contributed by atoms with van der Waals surface area (Å²) in [7, 11) is 0. The number of halogens is 1. The quantitative estimate of drug-likeness (QED) is 0.525. The molecule has 0 unspecified atom stereocenters. The van der Waals surface area contributed by atoms with Gasteiger partial charge in [-0.05, 0) is 25.5 Å². The number of rotatable bonds is 4. The van der Waals surface area contributed by atoms with Crippen molar-refractivity contribution in [3.8, 4) is 0 Å². The van der Waals surface area contributed by atoms with E-state index in [-0.39, 0.29) is 5.91 Å². The summed E-state index contributed by atoms with van der Waals surface area (Å²) in [6, 6.07) is 3.52. The third-order valence-corrected chi connectivity index (χ3v) is 2.52. The molecule has 0 aliphatic rings. The third kappa shape index (κ3) is 3.61. The molecule has 0 saturated carbocycles. The van der Waals surface area contributed by atoms with E-state index in [1.165, 1.54) is 0 Å². The molecule has 0 aromatic carbocycles. The van der Waals surface area contributed by atoms with E-state index in [2.05, 4.69) is 32.9 Å². The molecule has 4 heteroatoms. The van der Waals surface area contributed by atoms with Crippen LogP contribution in [0, 0.1) is 6.92 Å². The van der Waals surface area contributed by atoms with Crippen molar-refractivity contribution in [2.75, 3.05) is 11.0 Å².